The summed E-state index contributed by atoms with van der Waals surface area (Å²) in [6, 6.07) is 1.64. The molecule has 17 heavy (non-hydrogen) atoms. The van der Waals surface area contributed by atoms with Crippen molar-refractivity contribution >= 4 is 28.3 Å². The van der Waals surface area contributed by atoms with Crippen LogP contribution in [0.5, 0.6) is 5.75 Å². The summed E-state index contributed by atoms with van der Waals surface area (Å²) >= 11 is 5.58. The highest BCUT2D eigenvalue weighted by Crippen LogP contribution is 2.34. The van der Waals surface area contributed by atoms with Crippen molar-refractivity contribution in [3.05, 3.63) is 43.5 Å². The standard InChI is InChI=1S/C9H3ClFNO5/c10-5-2-3(11)1-4-7(13)6(12(15)16)9(14)17-8(4)5/h1-2,13H. The highest BCUT2D eigenvalue weighted by molar-refractivity contribution is 6.35. The van der Waals surface area contributed by atoms with Crippen LogP contribution < -0.4 is 5.63 Å². The molecule has 0 saturated carbocycles. The Labute approximate surface area is 97.0 Å². The topological polar surface area (TPSA) is 93.6 Å². The molecular weight excluding hydrogens is 257 g/mol. The van der Waals surface area contributed by atoms with Crippen LogP contribution in [0, 0.1) is 15.9 Å². The number of halogens is 2. The Morgan fingerprint density at radius 3 is 2.71 bits per heavy atom. The Morgan fingerprint density at radius 2 is 2.12 bits per heavy atom. The number of rotatable bonds is 1. The fraction of sp³-hybridized carbons (Fsp3) is 0. The molecule has 6 nitrogen and oxygen atoms in total. The molecule has 0 aliphatic heterocycles. The minimum atomic E-state index is -1.35. The molecular formula is C9H3ClFNO5. The molecule has 1 heterocycles. The second-order valence-corrected chi connectivity index (χ2v) is 3.52. The maximum Gasteiger partial charge on any atom is 0.419 e. The van der Waals surface area contributed by atoms with E-state index in [1.54, 1.807) is 0 Å². The van der Waals surface area contributed by atoms with Crippen molar-refractivity contribution in [2.45, 2.75) is 0 Å². The van der Waals surface area contributed by atoms with Crippen molar-refractivity contribution in [3.63, 3.8) is 0 Å². The van der Waals surface area contributed by atoms with Gasteiger partial charge >= 0.3 is 11.3 Å². The summed E-state index contributed by atoms with van der Waals surface area (Å²) in [6.07, 6.45) is 0. The zero-order valence-corrected chi connectivity index (χ0v) is 8.69. The lowest BCUT2D eigenvalue weighted by Crippen LogP contribution is -2.07. The third-order valence-corrected chi connectivity index (χ3v) is 2.34. The van der Waals surface area contributed by atoms with E-state index >= 15 is 0 Å². The number of fused-ring (bicyclic) bond motifs is 1. The van der Waals surface area contributed by atoms with Gasteiger partial charge in [0.1, 0.15) is 5.82 Å². The molecule has 2 rings (SSSR count). The first-order valence-corrected chi connectivity index (χ1v) is 4.59. The largest absolute Gasteiger partial charge is 0.501 e. The summed E-state index contributed by atoms with van der Waals surface area (Å²) in [4.78, 5) is 20.6. The van der Waals surface area contributed by atoms with Crippen LogP contribution in [-0.4, -0.2) is 10.0 Å². The SMILES string of the molecule is O=c1oc2c(Cl)cc(F)cc2c(O)c1[N+](=O)[O-]. The Balaban J connectivity index is 3.02. The minimum Gasteiger partial charge on any atom is -0.501 e. The highest BCUT2D eigenvalue weighted by Gasteiger charge is 2.25. The van der Waals surface area contributed by atoms with E-state index in [-0.39, 0.29) is 16.0 Å². The van der Waals surface area contributed by atoms with Crippen molar-refractivity contribution < 1.29 is 18.8 Å². The Bertz CT molecular complexity index is 696. The molecule has 0 spiro atoms. The van der Waals surface area contributed by atoms with E-state index < -0.39 is 27.8 Å². The molecule has 8 heteroatoms. The van der Waals surface area contributed by atoms with E-state index in [1.165, 1.54) is 0 Å². The summed E-state index contributed by atoms with van der Waals surface area (Å²) in [5.74, 6) is -1.79. The van der Waals surface area contributed by atoms with Crippen LogP contribution in [0.3, 0.4) is 0 Å². The molecule has 0 radical (unpaired) electrons. The van der Waals surface area contributed by atoms with Gasteiger partial charge in [0.25, 0.3) is 0 Å². The first-order valence-electron chi connectivity index (χ1n) is 4.21. The first-order chi connectivity index (χ1) is 7.91. The fourth-order valence-electron chi connectivity index (χ4n) is 1.37. The third kappa shape index (κ3) is 1.70. The van der Waals surface area contributed by atoms with Gasteiger partial charge in [-0.1, -0.05) is 11.6 Å². The number of nitrogens with zero attached hydrogens (tertiary/aromatic N) is 1. The lowest BCUT2D eigenvalue weighted by Gasteiger charge is -2.02. The predicted octanol–water partition coefficient (Wildman–Crippen LogP) is 2.20. The molecule has 0 amide bonds. The maximum atomic E-state index is 13.0. The summed E-state index contributed by atoms with van der Waals surface area (Å²) in [7, 11) is 0. The summed E-state index contributed by atoms with van der Waals surface area (Å²) in [5, 5.41) is 19.4. The molecule has 0 aliphatic rings. The summed E-state index contributed by atoms with van der Waals surface area (Å²) in [5.41, 5.74) is -2.81. The predicted molar refractivity (Wildman–Crippen MR) is 55.8 cm³/mol. The zero-order valence-electron chi connectivity index (χ0n) is 7.94. The van der Waals surface area contributed by atoms with E-state index in [0.717, 1.165) is 12.1 Å². The van der Waals surface area contributed by atoms with Crippen LogP contribution in [0.15, 0.2) is 21.3 Å². The van der Waals surface area contributed by atoms with E-state index in [0.29, 0.717) is 0 Å². The van der Waals surface area contributed by atoms with Crippen LogP contribution in [0.1, 0.15) is 0 Å². The summed E-state index contributed by atoms with van der Waals surface area (Å²) in [6.45, 7) is 0. The van der Waals surface area contributed by atoms with Gasteiger partial charge in [-0.3, -0.25) is 10.1 Å². The van der Waals surface area contributed by atoms with Crippen molar-refractivity contribution in [2.75, 3.05) is 0 Å². The van der Waals surface area contributed by atoms with Gasteiger partial charge in [0, 0.05) is 0 Å². The van der Waals surface area contributed by atoms with Crippen LogP contribution in [-0.2, 0) is 0 Å². The van der Waals surface area contributed by atoms with Gasteiger partial charge < -0.3 is 9.52 Å². The van der Waals surface area contributed by atoms with Gasteiger partial charge in [-0.2, -0.15) is 0 Å². The molecule has 1 aromatic heterocycles. The lowest BCUT2D eigenvalue weighted by atomic mass is 10.2. The number of hydrogen-bond acceptors (Lipinski definition) is 5. The smallest absolute Gasteiger partial charge is 0.419 e. The Morgan fingerprint density at radius 1 is 1.47 bits per heavy atom. The number of nitro groups is 1. The quantitative estimate of drug-likeness (QED) is 0.481. The third-order valence-electron chi connectivity index (χ3n) is 2.06. The highest BCUT2D eigenvalue weighted by atomic mass is 35.5. The molecule has 0 atom stereocenters. The monoisotopic (exact) mass is 259 g/mol. The van der Waals surface area contributed by atoms with Crippen LogP contribution in [0.4, 0.5) is 10.1 Å². The maximum absolute atomic E-state index is 13.0. The van der Waals surface area contributed by atoms with Gasteiger partial charge in [0.15, 0.2) is 5.58 Å². The van der Waals surface area contributed by atoms with E-state index in [4.69, 9.17) is 11.6 Å². The van der Waals surface area contributed by atoms with Gasteiger partial charge in [0.2, 0.25) is 5.75 Å². The molecule has 88 valence electrons. The molecule has 0 unspecified atom stereocenters. The summed E-state index contributed by atoms with van der Waals surface area (Å²) < 4.78 is 17.6. The molecule has 0 aliphatic carbocycles. The second kappa shape index (κ2) is 3.70. The first kappa shape index (κ1) is 11.3. The van der Waals surface area contributed by atoms with E-state index in [2.05, 4.69) is 4.42 Å². The van der Waals surface area contributed by atoms with Gasteiger partial charge in [0.05, 0.1) is 15.3 Å². The molecule has 0 fully saturated rings. The van der Waals surface area contributed by atoms with Crippen molar-refractivity contribution in [1.29, 1.82) is 0 Å². The average Bonchev–Trinajstić information content (AvgIpc) is 2.19. The van der Waals surface area contributed by atoms with Crippen molar-refractivity contribution in [1.82, 2.24) is 0 Å². The second-order valence-electron chi connectivity index (χ2n) is 3.11. The zero-order chi connectivity index (χ0) is 12.7. The number of benzene rings is 1. The Kier molecular flexibility index (Phi) is 2.47. The van der Waals surface area contributed by atoms with Gasteiger partial charge in [-0.15, -0.1) is 0 Å². The van der Waals surface area contributed by atoms with Gasteiger partial charge in [-0.25, -0.2) is 9.18 Å². The number of hydrogen-bond donors (Lipinski definition) is 1. The minimum absolute atomic E-state index is 0.262. The molecule has 1 aromatic carbocycles. The van der Waals surface area contributed by atoms with Gasteiger partial charge in [-0.05, 0) is 12.1 Å². The Hall–Kier alpha value is -2.15. The molecule has 0 bridgehead atoms. The fourth-order valence-corrected chi connectivity index (χ4v) is 1.61. The van der Waals surface area contributed by atoms with E-state index in [9.17, 15) is 24.4 Å². The normalized spacial score (nSPS) is 10.7. The van der Waals surface area contributed by atoms with Crippen LogP contribution in [0.2, 0.25) is 5.02 Å². The van der Waals surface area contributed by atoms with Crippen LogP contribution in [0.25, 0.3) is 11.0 Å². The molecule has 2 aromatic rings. The molecule has 0 saturated heterocycles. The number of aromatic hydroxyl groups is 1. The van der Waals surface area contributed by atoms with Crippen LogP contribution >= 0.6 is 11.6 Å². The van der Waals surface area contributed by atoms with Crippen molar-refractivity contribution in [3.8, 4) is 5.75 Å². The van der Waals surface area contributed by atoms with E-state index in [1.807, 2.05) is 0 Å². The molecule has 1 N–H and O–H groups in total. The lowest BCUT2D eigenvalue weighted by molar-refractivity contribution is -0.388. The van der Waals surface area contributed by atoms with Crippen molar-refractivity contribution in [2.24, 2.45) is 0 Å². The average molecular weight is 260 g/mol.